The minimum absolute atomic E-state index is 0.208. The van der Waals surface area contributed by atoms with E-state index in [2.05, 4.69) is 18.0 Å². The Labute approximate surface area is 104 Å². The number of hydrogen-bond acceptors (Lipinski definition) is 3. The van der Waals surface area contributed by atoms with E-state index in [1.54, 1.807) is 4.90 Å². The number of rotatable bonds is 1. The van der Waals surface area contributed by atoms with Gasteiger partial charge in [-0.2, -0.15) is 0 Å². The summed E-state index contributed by atoms with van der Waals surface area (Å²) in [6, 6.07) is 0.293. The van der Waals surface area contributed by atoms with Gasteiger partial charge in [-0.15, -0.1) is 0 Å². The van der Waals surface area contributed by atoms with Crippen LogP contribution in [0.5, 0.6) is 0 Å². The Morgan fingerprint density at radius 2 is 2.00 bits per heavy atom. The van der Waals surface area contributed by atoms with Crippen LogP contribution < -0.4 is 0 Å². The van der Waals surface area contributed by atoms with E-state index in [0.29, 0.717) is 12.6 Å². The summed E-state index contributed by atoms with van der Waals surface area (Å²) in [6.07, 6.45) is 3.94. The molecule has 0 radical (unpaired) electrons. The van der Waals surface area contributed by atoms with Crippen molar-refractivity contribution in [3.63, 3.8) is 0 Å². The molecule has 0 aromatic heterocycles. The molecule has 1 saturated heterocycles. The van der Waals surface area contributed by atoms with Crippen LogP contribution in [-0.4, -0.2) is 54.2 Å². The zero-order valence-electron chi connectivity index (χ0n) is 11.6. The maximum atomic E-state index is 11.9. The molecule has 0 bridgehead atoms. The van der Waals surface area contributed by atoms with E-state index < -0.39 is 5.60 Å². The van der Waals surface area contributed by atoms with Gasteiger partial charge in [-0.25, -0.2) is 4.79 Å². The summed E-state index contributed by atoms with van der Waals surface area (Å²) in [5.74, 6) is 0. The molecular weight excluding hydrogens is 216 g/mol. The van der Waals surface area contributed by atoms with Crippen LogP contribution >= 0.6 is 0 Å². The van der Waals surface area contributed by atoms with Gasteiger partial charge < -0.3 is 9.64 Å². The number of ether oxygens (including phenoxy) is 1. The first kappa shape index (κ1) is 14.0. The molecule has 0 aromatic carbocycles. The Hall–Kier alpha value is -1.03. The molecular formula is C13H24N2O2. The second-order valence-electron chi connectivity index (χ2n) is 5.50. The minimum atomic E-state index is -0.420. The molecule has 98 valence electrons. The molecule has 1 amide bonds. The third kappa shape index (κ3) is 4.38. The summed E-state index contributed by atoms with van der Waals surface area (Å²) in [7, 11) is 2.08. The number of amides is 1. The number of allylic oxidation sites excluding steroid dienone is 1. The van der Waals surface area contributed by atoms with Crippen molar-refractivity contribution >= 4 is 6.09 Å². The van der Waals surface area contributed by atoms with Crippen molar-refractivity contribution in [2.75, 3.05) is 26.7 Å². The lowest BCUT2D eigenvalue weighted by molar-refractivity contribution is 0.0116. The van der Waals surface area contributed by atoms with E-state index in [4.69, 9.17) is 4.74 Å². The SMILES string of the molecule is C/C=C/C1CN(C(=O)OC(C)(C)C)CCN1C. The Morgan fingerprint density at radius 1 is 1.35 bits per heavy atom. The van der Waals surface area contributed by atoms with Gasteiger partial charge >= 0.3 is 6.09 Å². The van der Waals surface area contributed by atoms with Crippen LogP contribution in [0, 0.1) is 0 Å². The number of nitrogens with zero attached hydrogens (tertiary/aromatic N) is 2. The predicted molar refractivity (Wildman–Crippen MR) is 69.0 cm³/mol. The summed E-state index contributed by atoms with van der Waals surface area (Å²) in [5, 5.41) is 0. The van der Waals surface area contributed by atoms with Gasteiger partial charge in [0, 0.05) is 25.7 Å². The first-order chi connectivity index (χ1) is 7.83. The van der Waals surface area contributed by atoms with E-state index in [9.17, 15) is 4.79 Å². The predicted octanol–water partition coefficient (Wildman–Crippen LogP) is 2.11. The Kier molecular flexibility index (Phi) is 4.57. The number of piperazine rings is 1. The molecule has 1 atom stereocenters. The van der Waals surface area contributed by atoms with Crippen LogP contribution in [-0.2, 0) is 4.74 Å². The van der Waals surface area contributed by atoms with Crippen molar-refractivity contribution in [3.05, 3.63) is 12.2 Å². The molecule has 0 saturated carbocycles. The second-order valence-corrected chi connectivity index (χ2v) is 5.50. The summed E-state index contributed by atoms with van der Waals surface area (Å²) >= 11 is 0. The highest BCUT2D eigenvalue weighted by atomic mass is 16.6. The highest BCUT2D eigenvalue weighted by molar-refractivity contribution is 5.68. The molecule has 4 nitrogen and oxygen atoms in total. The van der Waals surface area contributed by atoms with Crippen molar-refractivity contribution in [2.24, 2.45) is 0 Å². The van der Waals surface area contributed by atoms with Crippen LogP contribution in [0.4, 0.5) is 4.79 Å². The third-order valence-electron chi connectivity index (χ3n) is 2.76. The molecule has 0 spiro atoms. The number of carbonyl (C=O) groups excluding carboxylic acids is 1. The topological polar surface area (TPSA) is 32.8 Å². The molecule has 0 aromatic rings. The molecule has 1 fully saturated rings. The first-order valence-corrected chi connectivity index (χ1v) is 6.14. The largest absolute Gasteiger partial charge is 0.444 e. The van der Waals surface area contributed by atoms with Crippen molar-refractivity contribution < 1.29 is 9.53 Å². The molecule has 0 N–H and O–H groups in total. The highest BCUT2D eigenvalue weighted by Gasteiger charge is 2.28. The van der Waals surface area contributed by atoms with Gasteiger partial charge in [-0.05, 0) is 34.7 Å². The average molecular weight is 240 g/mol. The molecule has 1 aliphatic heterocycles. The summed E-state index contributed by atoms with van der Waals surface area (Å²) in [6.45, 7) is 10.0. The van der Waals surface area contributed by atoms with Crippen LogP contribution in [0.2, 0.25) is 0 Å². The monoisotopic (exact) mass is 240 g/mol. The lowest BCUT2D eigenvalue weighted by atomic mass is 10.1. The van der Waals surface area contributed by atoms with Crippen LogP contribution in [0.1, 0.15) is 27.7 Å². The van der Waals surface area contributed by atoms with Crippen molar-refractivity contribution in [2.45, 2.75) is 39.3 Å². The van der Waals surface area contributed by atoms with Gasteiger partial charge in [-0.3, -0.25) is 4.90 Å². The van der Waals surface area contributed by atoms with E-state index in [1.807, 2.05) is 33.8 Å². The minimum Gasteiger partial charge on any atom is -0.444 e. The van der Waals surface area contributed by atoms with Crippen molar-refractivity contribution in [1.82, 2.24) is 9.80 Å². The van der Waals surface area contributed by atoms with Crippen molar-refractivity contribution in [1.29, 1.82) is 0 Å². The smallest absolute Gasteiger partial charge is 0.410 e. The van der Waals surface area contributed by atoms with E-state index >= 15 is 0 Å². The molecule has 17 heavy (non-hydrogen) atoms. The number of hydrogen-bond donors (Lipinski definition) is 0. The summed E-state index contributed by atoms with van der Waals surface area (Å²) < 4.78 is 5.38. The van der Waals surface area contributed by atoms with Gasteiger partial charge in [-0.1, -0.05) is 12.2 Å². The second kappa shape index (κ2) is 5.54. The fraction of sp³-hybridized carbons (Fsp3) is 0.769. The highest BCUT2D eigenvalue weighted by Crippen LogP contribution is 2.14. The Balaban J connectivity index is 2.58. The zero-order valence-corrected chi connectivity index (χ0v) is 11.6. The Bertz CT molecular complexity index is 294. The van der Waals surface area contributed by atoms with E-state index in [-0.39, 0.29) is 6.09 Å². The number of carbonyl (C=O) groups is 1. The quantitative estimate of drug-likeness (QED) is 0.658. The normalized spacial score (nSPS) is 23.1. The molecule has 0 aliphatic carbocycles. The fourth-order valence-electron chi connectivity index (χ4n) is 1.82. The van der Waals surface area contributed by atoms with Crippen LogP contribution in [0.25, 0.3) is 0 Å². The van der Waals surface area contributed by atoms with Gasteiger partial charge in [0.1, 0.15) is 5.60 Å². The average Bonchev–Trinajstić information content (AvgIpc) is 2.19. The molecule has 1 aliphatic rings. The third-order valence-corrected chi connectivity index (χ3v) is 2.76. The number of likely N-dealkylation sites (N-methyl/N-ethyl adjacent to an activating group) is 1. The van der Waals surface area contributed by atoms with Gasteiger partial charge in [0.15, 0.2) is 0 Å². The Morgan fingerprint density at radius 3 is 2.53 bits per heavy atom. The van der Waals surface area contributed by atoms with Gasteiger partial charge in [0.25, 0.3) is 0 Å². The maximum absolute atomic E-state index is 11.9. The summed E-state index contributed by atoms with van der Waals surface area (Å²) in [4.78, 5) is 16.0. The molecule has 4 heteroatoms. The fourth-order valence-corrected chi connectivity index (χ4v) is 1.82. The van der Waals surface area contributed by atoms with Gasteiger partial charge in [0.05, 0.1) is 0 Å². The lowest BCUT2D eigenvalue weighted by Gasteiger charge is -2.38. The molecule has 1 unspecified atom stereocenters. The van der Waals surface area contributed by atoms with E-state index in [1.165, 1.54) is 0 Å². The molecule has 1 heterocycles. The summed E-state index contributed by atoms with van der Waals surface area (Å²) in [5.41, 5.74) is -0.420. The zero-order chi connectivity index (χ0) is 13.1. The lowest BCUT2D eigenvalue weighted by Crippen LogP contribution is -2.53. The maximum Gasteiger partial charge on any atom is 0.410 e. The standard InChI is InChI=1S/C13H24N2O2/c1-6-7-11-10-15(9-8-14(11)5)12(16)17-13(2,3)4/h6-7,11H,8-10H2,1-5H3/b7-6+. The van der Waals surface area contributed by atoms with E-state index in [0.717, 1.165) is 13.1 Å². The first-order valence-electron chi connectivity index (χ1n) is 6.14. The molecule has 1 rings (SSSR count). The van der Waals surface area contributed by atoms with Crippen LogP contribution in [0.15, 0.2) is 12.2 Å². The van der Waals surface area contributed by atoms with Gasteiger partial charge in [0.2, 0.25) is 0 Å². The van der Waals surface area contributed by atoms with Crippen LogP contribution in [0.3, 0.4) is 0 Å². The van der Waals surface area contributed by atoms with Crippen molar-refractivity contribution in [3.8, 4) is 0 Å².